The van der Waals surface area contributed by atoms with Crippen molar-refractivity contribution in [2.75, 3.05) is 41.6 Å². The van der Waals surface area contributed by atoms with Crippen LogP contribution in [-0.4, -0.2) is 60.7 Å². The van der Waals surface area contributed by atoms with E-state index in [9.17, 15) is 0 Å². The van der Waals surface area contributed by atoms with Gasteiger partial charge in [-0.2, -0.15) is 0 Å². The number of fused-ring (bicyclic) bond motifs is 10. The molecule has 0 aliphatic carbocycles. The van der Waals surface area contributed by atoms with E-state index in [0.717, 1.165) is 30.0 Å². The van der Waals surface area contributed by atoms with Crippen LogP contribution in [-0.2, 0) is 18.8 Å². The molecule has 10 heterocycles. The van der Waals surface area contributed by atoms with Gasteiger partial charge >= 0.3 is 221 Å². The number of ether oxygens (including phenoxy) is 2. The molecule has 6 heteroatoms. The molecule has 0 bridgehead atoms. The SMILES string of the molecule is COc1ccccc1CP(Cc1ccccc1OC)[C]12[CH]3[CH]4[C]5(C(C)N(C)C)[C]1(P(C)C)[Fe]43521678[CH]2[CH]1[CH]6[CH]7[CH]28. The standard InChI is InChI=1S/C27H36NO2P2.C5H5.Fe/c1-20(28(2)3)23-16-17-26(27(23)31(6)7)32(18-21-12-8-10-14-24(21)29-4)19-22-13-9-11-15-25(22)30-5;1-2-4-5-3-1;/h8-17,20H,18-19H2,1-7H3;1-5H;. The first-order chi connectivity index (χ1) is 18.1. The monoisotopic (exact) mass is 589 g/mol. The Morgan fingerprint density at radius 1 is 0.816 bits per heavy atom. The van der Waals surface area contributed by atoms with Crippen molar-refractivity contribution in [3.63, 3.8) is 0 Å². The van der Waals surface area contributed by atoms with Gasteiger partial charge in [0.1, 0.15) is 0 Å². The third-order valence-electron chi connectivity index (χ3n) is 20.5. The van der Waals surface area contributed by atoms with Crippen LogP contribution in [0, 0.1) is 0 Å². The molecule has 3 nitrogen and oxygen atoms in total. The quantitative estimate of drug-likeness (QED) is 0.206. The van der Waals surface area contributed by atoms with Crippen molar-refractivity contribution >= 4 is 15.8 Å². The van der Waals surface area contributed by atoms with E-state index >= 15 is 0 Å². The second-order valence-electron chi connectivity index (χ2n) is 16.8. The molecule has 2 aromatic carbocycles. The zero-order valence-corrected chi connectivity index (χ0v) is 26.6. The van der Waals surface area contributed by atoms with Crippen molar-refractivity contribution in [3.05, 3.63) is 59.7 Å². The molecule has 6 atom stereocenters. The van der Waals surface area contributed by atoms with Crippen molar-refractivity contribution in [2.24, 2.45) is 0 Å². The Morgan fingerprint density at radius 2 is 1.29 bits per heavy atom. The zero-order chi connectivity index (χ0) is 26.0. The Balaban J connectivity index is 1.14. The number of hydrogen-bond acceptors (Lipinski definition) is 3. The van der Waals surface area contributed by atoms with Gasteiger partial charge in [-0.1, -0.05) is 0 Å². The summed E-state index contributed by atoms with van der Waals surface area (Å²) in [5, 5.41) is 0. The van der Waals surface area contributed by atoms with Gasteiger partial charge in [0.15, 0.2) is 0 Å². The van der Waals surface area contributed by atoms with E-state index in [0.29, 0.717) is 0 Å². The van der Waals surface area contributed by atoms with Gasteiger partial charge in [0, 0.05) is 0 Å². The predicted molar refractivity (Wildman–Crippen MR) is 157 cm³/mol. The molecule has 0 aromatic heterocycles. The molecule has 0 N–H and O–H groups in total. The van der Waals surface area contributed by atoms with Crippen LogP contribution in [0.1, 0.15) is 18.1 Å². The van der Waals surface area contributed by atoms with Crippen molar-refractivity contribution < 1.29 is 16.0 Å². The van der Waals surface area contributed by atoms with Gasteiger partial charge in [0.25, 0.3) is 0 Å². The van der Waals surface area contributed by atoms with Crippen LogP contribution in [0.3, 0.4) is 0 Å². The Bertz CT molecular complexity index is 1870. The number of nitrogens with zero attached hydrogens (tertiary/aromatic N) is 1. The fourth-order valence-corrected chi connectivity index (χ4v) is 137. The van der Waals surface area contributed by atoms with Crippen LogP contribution in [0.5, 0.6) is 11.5 Å². The van der Waals surface area contributed by atoms with E-state index in [2.05, 4.69) is 87.8 Å². The topological polar surface area (TPSA) is 21.7 Å². The molecule has 10 aliphatic heterocycles. The third kappa shape index (κ3) is 0.476. The molecule has 0 amide bonds. The summed E-state index contributed by atoms with van der Waals surface area (Å²) in [6, 6.07) is 18.8. The fourth-order valence-electron chi connectivity index (χ4n) is 23.1. The molecule has 0 saturated carbocycles. The van der Waals surface area contributed by atoms with Gasteiger partial charge < -0.3 is 0 Å². The van der Waals surface area contributed by atoms with Crippen LogP contribution >= 0.6 is 15.8 Å². The maximum atomic E-state index is 6.00. The minimum atomic E-state index is -3.87. The fraction of sp³-hybridized carbons (Fsp3) is 0.625. The van der Waals surface area contributed by atoms with Gasteiger partial charge in [-0.15, -0.1) is 0 Å². The molecule has 2 aromatic rings. The van der Waals surface area contributed by atoms with E-state index in [-0.39, 0.29) is 15.8 Å². The Kier molecular flexibility index (Phi) is 1.78. The summed E-state index contributed by atoms with van der Waals surface area (Å²) in [5.74, 6) is 2.24. The average Bonchev–Trinajstić information content (AvgIpc) is 3.86. The normalized spacial score (nSPS) is 64.8. The van der Waals surface area contributed by atoms with Gasteiger partial charge in [-0.05, 0) is 0 Å². The third-order valence-corrected chi connectivity index (χ3v) is 78.3. The molecule has 10 fully saturated rings. The number of rotatable bonds is 10. The molecule has 12 rings (SSSR count). The summed E-state index contributed by atoms with van der Waals surface area (Å²) in [6.45, 7) is 4.39. The summed E-state index contributed by atoms with van der Waals surface area (Å²) in [6.07, 6.45) is 2.52. The number of hydrogen-bond donors (Lipinski definition) is 0. The summed E-state index contributed by atoms with van der Waals surface area (Å²) in [4.78, 5) is 11.7. The number of benzene rings is 2. The molecule has 0 radical (unpaired) electrons. The molecule has 10 saturated heterocycles. The predicted octanol–water partition coefficient (Wildman–Crippen LogP) is 8.15. The molecule has 10 aliphatic rings. The summed E-state index contributed by atoms with van der Waals surface area (Å²) in [5.41, 5.74) is 2.96. The van der Waals surface area contributed by atoms with Crippen molar-refractivity contribution in [2.45, 2.75) is 71.4 Å². The van der Waals surface area contributed by atoms with Gasteiger partial charge in [0.05, 0.1) is 0 Å². The first-order valence-corrected chi connectivity index (χ1v) is 24.7. The van der Waals surface area contributed by atoms with E-state index in [4.69, 9.17) is 9.47 Å². The van der Waals surface area contributed by atoms with E-state index in [1.54, 1.807) is 0 Å². The number of methoxy groups -OCH3 is 2. The average molecular weight is 589 g/mol. The number of para-hydroxylation sites is 2. The van der Waals surface area contributed by atoms with Crippen LogP contribution < -0.4 is 9.47 Å². The second kappa shape index (κ2) is 3.20. The first kappa shape index (κ1) is 21.1. The molecular weight excluding hydrogens is 548 g/mol. The van der Waals surface area contributed by atoms with Crippen LogP contribution in [0.25, 0.3) is 0 Å². The first-order valence-electron chi connectivity index (χ1n) is 14.6. The van der Waals surface area contributed by atoms with E-state index in [1.807, 2.05) is 14.2 Å². The molecule has 38 heavy (non-hydrogen) atoms. The molecule has 1 spiro atoms. The van der Waals surface area contributed by atoms with Crippen molar-refractivity contribution in [1.82, 2.24) is 4.90 Å². The summed E-state index contributed by atoms with van der Waals surface area (Å²) >= 11 is 0. The second-order valence-corrected chi connectivity index (χ2v) is 45.4. The van der Waals surface area contributed by atoms with Gasteiger partial charge in [0.2, 0.25) is 0 Å². The van der Waals surface area contributed by atoms with E-state index in [1.165, 1.54) is 57.2 Å². The van der Waals surface area contributed by atoms with Crippen LogP contribution in [0.15, 0.2) is 48.5 Å². The van der Waals surface area contributed by atoms with Crippen LogP contribution in [0.2, 0.25) is 38.0 Å². The Hall–Kier alpha value is -0.621. The molecule has 6 unspecified atom stereocenters. The van der Waals surface area contributed by atoms with Crippen molar-refractivity contribution in [3.8, 4) is 11.5 Å². The summed E-state index contributed by atoms with van der Waals surface area (Å²) < 4.78 is 14.4. The Labute approximate surface area is 220 Å². The Morgan fingerprint density at radius 3 is 1.66 bits per heavy atom. The van der Waals surface area contributed by atoms with Crippen LogP contribution in [0.4, 0.5) is 0 Å². The molecular formula is C32H41FeNO2P2. The zero-order valence-electron chi connectivity index (χ0n) is 23.7. The van der Waals surface area contributed by atoms with Crippen molar-refractivity contribution in [1.29, 1.82) is 0 Å². The molecule has 204 valence electrons. The maximum absolute atomic E-state index is 6.00. The van der Waals surface area contributed by atoms with E-state index < -0.39 is 6.51 Å². The van der Waals surface area contributed by atoms with Gasteiger partial charge in [-0.3, -0.25) is 0 Å². The minimum absolute atomic E-state index is 0.0505. The van der Waals surface area contributed by atoms with Gasteiger partial charge in [-0.25, -0.2) is 0 Å². The summed E-state index contributed by atoms with van der Waals surface area (Å²) in [7, 11) is 8.46.